The fourth-order valence-electron chi connectivity index (χ4n) is 1.61. The minimum atomic E-state index is -2.30. The molecule has 0 amide bonds. The number of aryl methyl sites for hydroxylation is 1. The van der Waals surface area contributed by atoms with E-state index in [1.165, 1.54) is 6.07 Å². The molecular weight excluding hydrogens is 227 g/mol. The maximum atomic E-state index is 11.3. The molecule has 1 N–H and O–H groups in total. The molecule has 1 unspecified atom stereocenters. The first-order valence-corrected chi connectivity index (χ1v) is 6.13. The fourth-order valence-corrected chi connectivity index (χ4v) is 2.17. The van der Waals surface area contributed by atoms with Gasteiger partial charge in [-0.15, -0.1) is 0 Å². The third-order valence-corrected chi connectivity index (χ3v) is 2.90. The molecule has 1 aromatic heterocycles. The first kappa shape index (κ1) is 11.0. The lowest BCUT2D eigenvalue weighted by molar-refractivity contribution is 0.502. The van der Waals surface area contributed by atoms with E-state index in [1.54, 1.807) is 12.1 Å². The quantitative estimate of drug-likeness (QED) is 0.643. The van der Waals surface area contributed by atoms with Crippen LogP contribution in [0.2, 0.25) is 0 Å². The van der Waals surface area contributed by atoms with Crippen LogP contribution in [0.1, 0.15) is 11.1 Å². The number of hydrogen-bond donors (Lipinski definition) is 1. The average Bonchev–Trinajstić information content (AvgIpc) is 2.15. The molecule has 4 nitrogen and oxygen atoms in total. The second-order valence-electron chi connectivity index (χ2n) is 3.60. The van der Waals surface area contributed by atoms with Gasteiger partial charge < -0.3 is 4.42 Å². The van der Waals surface area contributed by atoms with Gasteiger partial charge in [0.05, 0.1) is 0 Å². The zero-order valence-electron chi connectivity index (χ0n) is 8.64. The first-order valence-electron chi connectivity index (χ1n) is 4.73. The van der Waals surface area contributed by atoms with E-state index in [0.29, 0.717) is 16.5 Å². The highest BCUT2D eigenvalue weighted by molar-refractivity contribution is 7.37. The van der Waals surface area contributed by atoms with E-state index in [0.717, 1.165) is 5.56 Å². The molecule has 5 heteroatoms. The molecule has 1 aromatic carbocycles. The van der Waals surface area contributed by atoms with Gasteiger partial charge in [0.15, 0.2) is 0 Å². The minimum Gasteiger partial charge on any atom is -0.423 e. The monoisotopic (exact) mass is 237 g/mol. The Morgan fingerprint density at radius 1 is 1.38 bits per heavy atom. The summed E-state index contributed by atoms with van der Waals surface area (Å²) < 4.78 is 15.8. The van der Waals surface area contributed by atoms with Gasteiger partial charge in [-0.3, -0.25) is 0 Å². The smallest absolute Gasteiger partial charge is 0.423 e. The van der Waals surface area contributed by atoms with Crippen molar-refractivity contribution >= 4 is 19.0 Å². The summed E-state index contributed by atoms with van der Waals surface area (Å²) >= 11 is 0. The molecule has 0 fully saturated rings. The van der Waals surface area contributed by atoms with Crippen molar-refractivity contribution in [2.45, 2.75) is 13.1 Å². The number of rotatable bonds is 2. The summed E-state index contributed by atoms with van der Waals surface area (Å²) in [5.41, 5.74) is 1.49. The maximum absolute atomic E-state index is 11.3. The van der Waals surface area contributed by atoms with Gasteiger partial charge >= 0.3 is 13.7 Å². The third kappa shape index (κ3) is 2.18. The van der Waals surface area contributed by atoms with Crippen molar-refractivity contribution in [3.05, 3.63) is 45.8 Å². The largest absolute Gasteiger partial charge is 0.510 e. The van der Waals surface area contributed by atoms with Crippen LogP contribution in [0, 0.1) is 6.92 Å². The molecular formula is C11H10O4P+. The summed E-state index contributed by atoms with van der Waals surface area (Å²) in [7, 11) is -2.30. The lowest BCUT2D eigenvalue weighted by Crippen LogP contribution is -1.99. The zero-order valence-corrected chi connectivity index (χ0v) is 9.53. The van der Waals surface area contributed by atoms with E-state index < -0.39 is 13.7 Å². The highest BCUT2D eigenvalue weighted by atomic mass is 31.1. The van der Waals surface area contributed by atoms with Gasteiger partial charge in [-0.05, 0) is 23.1 Å². The van der Waals surface area contributed by atoms with E-state index in [9.17, 15) is 9.36 Å². The molecule has 16 heavy (non-hydrogen) atoms. The Bertz CT molecular complexity index is 615. The van der Waals surface area contributed by atoms with Gasteiger partial charge in [-0.25, -0.2) is 4.79 Å². The van der Waals surface area contributed by atoms with Crippen LogP contribution in [0.4, 0.5) is 0 Å². The van der Waals surface area contributed by atoms with Crippen LogP contribution in [-0.2, 0) is 10.7 Å². The van der Waals surface area contributed by atoms with Crippen LogP contribution in [0.15, 0.2) is 33.5 Å². The fraction of sp³-hybridized carbons (Fsp3) is 0.182. The molecule has 0 saturated heterocycles. The Kier molecular flexibility index (Phi) is 2.86. The molecule has 82 valence electrons. The summed E-state index contributed by atoms with van der Waals surface area (Å²) in [4.78, 5) is 20.1. The van der Waals surface area contributed by atoms with E-state index in [1.807, 2.05) is 13.0 Å². The number of fused-ring (bicyclic) bond motifs is 1. The van der Waals surface area contributed by atoms with Crippen molar-refractivity contribution in [3.63, 3.8) is 0 Å². The average molecular weight is 237 g/mol. The second-order valence-corrected chi connectivity index (χ2v) is 4.62. The van der Waals surface area contributed by atoms with Crippen molar-refractivity contribution in [2.24, 2.45) is 0 Å². The van der Waals surface area contributed by atoms with Crippen molar-refractivity contribution < 1.29 is 13.9 Å². The van der Waals surface area contributed by atoms with Gasteiger partial charge in [-0.1, -0.05) is 12.1 Å². The van der Waals surface area contributed by atoms with Crippen molar-refractivity contribution in [3.8, 4) is 0 Å². The van der Waals surface area contributed by atoms with Crippen LogP contribution in [0.25, 0.3) is 11.0 Å². The lowest BCUT2D eigenvalue weighted by Gasteiger charge is -2.00. The van der Waals surface area contributed by atoms with Gasteiger partial charge in [0, 0.05) is 17.0 Å². The molecule has 0 saturated carbocycles. The van der Waals surface area contributed by atoms with Crippen LogP contribution in [-0.4, -0.2) is 4.89 Å². The summed E-state index contributed by atoms with van der Waals surface area (Å²) in [6, 6.07) is 6.67. The Hall–Kier alpha value is -1.51. The molecule has 1 atom stereocenters. The van der Waals surface area contributed by atoms with Gasteiger partial charge in [0.1, 0.15) is 5.58 Å². The first-order chi connectivity index (χ1) is 7.56. The molecule has 0 bridgehead atoms. The van der Waals surface area contributed by atoms with E-state index in [-0.39, 0.29) is 6.16 Å². The summed E-state index contributed by atoms with van der Waals surface area (Å²) in [5, 5.41) is 0.711. The molecule has 2 aromatic rings. The van der Waals surface area contributed by atoms with Crippen LogP contribution >= 0.6 is 8.03 Å². The Labute approximate surface area is 92.4 Å². The second kappa shape index (κ2) is 4.16. The van der Waals surface area contributed by atoms with Crippen LogP contribution < -0.4 is 5.63 Å². The topological polar surface area (TPSA) is 67.5 Å². The highest BCUT2D eigenvalue weighted by Crippen LogP contribution is 2.26. The summed E-state index contributed by atoms with van der Waals surface area (Å²) in [5.74, 6) is 0. The maximum Gasteiger partial charge on any atom is 0.510 e. The SMILES string of the molecule is Cc1ccc2c(C[P+](=O)O)cc(=O)oc2c1. The Balaban J connectivity index is 2.72. The highest BCUT2D eigenvalue weighted by Gasteiger charge is 2.16. The number of hydrogen-bond acceptors (Lipinski definition) is 3. The molecule has 0 aliphatic rings. The van der Waals surface area contributed by atoms with Crippen LogP contribution in [0.5, 0.6) is 0 Å². The third-order valence-electron chi connectivity index (χ3n) is 2.29. The molecule has 1 heterocycles. The lowest BCUT2D eigenvalue weighted by atomic mass is 10.1. The molecule has 0 radical (unpaired) electrons. The molecule has 0 spiro atoms. The predicted molar refractivity (Wildman–Crippen MR) is 60.8 cm³/mol. The summed E-state index contributed by atoms with van der Waals surface area (Å²) in [6.45, 7) is 1.89. The standard InChI is InChI=1S/C11H9O4P/c1-7-2-3-9-8(6-16(13)14)5-11(12)15-10(9)4-7/h2-5H,6H2,1H3/p+1. The molecule has 0 aliphatic heterocycles. The minimum absolute atomic E-state index is 0.0273. The molecule has 0 aliphatic carbocycles. The predicted octanol–water partition coefficient (Wildman–Crippen LogP) is 2.34. The Morgan fingerprint density at radius 2 is 2.12 bits per heavy atom. The van der Waals surface area contributed by atoms with Gasteiger partial charge in [-0.2, -0.15) is 4.89 Å². The van der Waals surface area contributed by atoms with Crippen molar-refractivity contribution in [1.82, 2.24) is 0 Å². The summed E-state index contributed by atoms with van der Waals surface area (Å²) in [6.07, 6.45) is -0.0273. The van der Waals surface area contributed by atoms with Crippen molar-refractivity contribution in [1.29, 1.82) is 0 Å². The van der Waals surface area contributed by atoms with Gasteiger partial charge in [0.25, 0.3) is 0 Å². The van der Waals surface area contributed by atoms with Crippen molar-refractivity contribution in [2.75, 3.05) is 0 Å². The normalized spacial score (nSPS) is 11.8. The zero-order chi connectivity index (χ0) is 11.7. The van der Waals surface area contributed by atoms with Crippen LogP contribution in [0.3, 0.4) is 0 Å². The van der Waals surface area contributed by atoms with Gasteiger partial charge in [0.2, 0.25) is 6.16 Å². The molecule has 2 rings (SSSR count). The van der Waals surface area contributed by atoms with E-state index >= 15 is 0 Å². The van der Waals surface area contributed by atoms with E-state index in [2.05, 4.69) is 0 Å². The number of benzene rings is 1. The Morgan fingerprint density at radius 3 is 2.81 bits per heavy atom. The van der Waals surface area contributed by atoms with E-state index in [4.69, 9.17) is 9.31 Å².